The zero-order valence-corrected chi connectivity index (χ0v) is 30.0. The summed E-state index contributed by atoms with van der Waals surface area (Å²) in [6, 6.07) is 23.6. The summed E-state index contributed by atoms with van der Waals surface area (Å²) in [7, 11) is 0. The highest BCUT2D eigenvalue weighted by atomic mass is 16.5. The number of aliphatic hydroxyl groups is 3. The van der Waals surface area contributed by atoms with Crippen molar-refractivity contribution in [2.24, 2.45) is 23.7 Å². The Morgan fingerprint density at radius 2 is 1.77 bits per heavy atom. The zero-order chi connectivity index (χ0) is 36.5. The maximum atomic E-state index is 11.7. The molecule has 2 aromatic heterocycles. The van der Waals surface area contributed by atoms with Crippen LogP contribution in [0.4, 0.5) is 5.82 Å². The Balaban J connectivity index is 1.21. The lowest BCUT2D eigenvalue weighted by Gasteiger charge is -2.31. The van der Waals surface area contributed by atoms with Gasteiger partial charge >= 0.3 is 0 Å². The zero-order valence-electron chi connectivity index (χ0n) is 30.0. The lowest BCUT2D eigenvalue weighted by molar-refractivity contribution is -0.00713. The standard InChI is InChI=1S/C44H53N3O5/c1-29(22-30-8-3-2-4-9-30)31-10-5-6-12-40(50)44-32(14-13-31)15-16-33(25-41(44)51)34-17-18-39(49)42(26-34)52-38(28-48)24-36(23-37-11-7-20-46-37)35-19-21-47-43(45)27-35/h2-4,7-9,11,15-21,26-27,29,31-33,36,38,40-41,44,46,48-51H,5-6,10,12,22-25,28H2,1H3,(H2,45,47)/t29-,31-,32-,33+,36+,38+,40+,41-,44-/m1/s1. The van der Waals surface area contributed by atoms with Crippen LogP contribution in [0.15, 0.2) is 97.3 Å². The number of hydrogen-bond donors (Lipinski definition) is 6. The Morgan fingerprint density at radius 3 is 2.54 bits per heavy atom. The van der Waals surface area contributed by atoms with E-state index < -0.39 is 24.2 Å². The van der Waals surface area contributed by atoms with Crippen LogP contribution in [0, 0.1) is 35.5 Å². The van der Waals surface area contributed by atoms with Crippen LogP contribution in [0.3, 0.4) is 0 Å². The van der Waals surface area contributed by atoms with Crippen molar-refractivity contribution in [1.29, 1.82) is 0 Å². The summed E-state index contributed by atoms with van der Waals surface area (Å²) in [5, 5.41) is 44.4. The summed E-state index contributed by atoms with van der Waals surface area (Å²) in [4.78, 5) is 7.41. The van der Waals surface area contributed by atoms with Crippen molar-refractivity contribution in [3.8, 4) is 23.3 Å². The molecule has 0 saturated heterocycles. The number of nitrogens with one attached hydrogen (secondary N) is 1. The summed E-state index contributed by atoms with van der Waals surface area (Å²) in [5.41, 5.74) is 10.2. The number of rotatable bonds is 12. The first-order valence-corrected chi connectivity index (χ1v) is 18.8. The smallest absolute Gasteiger partial charge is 0.161 e. The number of anilines is 1. The number of aromatic nitrogens is 2. The average Bonchev–Trinajstić information content (AvgIpc) is 3.60. The molecule has 6 rings (SSSR count). The Hall–Kier alpha value is -4.55. The van der Waals surface area contributed by atoms with Gasteiger partial charge in [-0.15, -0.1) is 0 Å². The fourth-order valence-electron chi connectivity index (χ4n) is 8.07. The first-order chi connectivity index (χ1) is 25.3. The van der Waals surface area contributed by atoms with Crippen LogP contribution in [0.25, 0.3) is 0 Å². The number of H-pyrrole nitrogens is 1. The number of fused-ring (bicyclic) bond motifs is 1. The molecule has 9 atom stereocenters. The lowest BCUT2D eigenvalue weighted by Crippen LogP contribution is -2.37. The third kappa shape index (κ3) is 9.65. The number of hydrogen-bond acceptors (Lipinski definition) is 7. The number of aromatic amines is 1. The monoisotopic (exact) mass is 703 g/mol. The largest absolute Gasteiger partial charge is 0.504 e. The van der Waals surface area contributed by atoms with Crippen LogP contribution in [0.1, 0.15) is 79.7 Å². The van der Waals surface area contributed by atoms with Crippen LogP contribution in [0.2, 0.25) is 0 Å². The molecule has 2 aliphatic rings. The molecule has 0 unspecified atom stereocenters. The molecule has 8 heteroatoms. The minimum absolute atomic E-state index is 0.0273. The highest BCUT2D eigenvalue weighted by molar-refractivity contribution is 5.44. The summed E-state index contributed by atoms with van der Waals surface area (Å²) in [6.07, 6.45) is 11.7. The number of nitrogens with two attached hydrogens (primary N) is 1. The molecule has 2 aliphatic carbocycles. The van der Waals surface area contributed by atoms with Gasteiger partial charge in [-0.2, -0.15) is 0 Å². The number of benzene rings is 2. The molecular weight excluding hydrogens is 651 g/mol. The number of aliphatic hydroxyl groups excluding tert-OH is 3. The summed E-state index contributed by atoms with van der Waals surface area (Å²) in [5.74, 6) is 7.50. The quantitative estimate of drug-likeness (QED) is 0.0694. The number of nitrogen functional groups attached to an aromatic ring is 1. The summed E-state index contributed by atoms with van der Waals surface area (Å²) >= 11 is 0. The number of allylic oxidation sites excluding steroid dienone is 2. The molecular formula is C44H53N3O5. The molecule has 2 aromatic carbocycles. The molecule has 0 radical (unpaired) electrons. The Kier molecular flexibility index (Phi) is 12.7. The van der Waals surface area contributed by atoms with Crippen molar-refractivity contribution in [3.63, 3.8) is 0 Å². The van der Waals surface area contributed by atoms with Gasteiger partial charge in [-0.25, -0.2) is 4.98 Å². The number of phenols is 1. The third-order valence-electron chi connectivity index (χ3n) is 11.0. The fourth-order valence-corrected chi connectivity index (χ4v) is 8.07. The van der Waals surface area contributed by atoms with E-state index in [2.05, 4.69) is 65.2 Å². The second kappa shape index (κ2) is 17.8. The number of phenolic OH excluding ortho intramolecular Hbond substituents is 1. The van der Waals surface area contributed by atoms with Gasteiger partial charge in [0.05, 0.1) is 18.8 Å². The van der Waals surface area contributed by atoms with Crippen molar-refractivity contribution < 1.29 is 25.2 Å². The second-order valence-electron chi connectivity index (χ2n) is 14.8. The van der Waals surface area contributed by atoms with E-state index in [1.54, 1.807) is 18.3 Å². The Bertz CT molecular complexity index is 1800. The maximum Gasteiger partial charge on any atom is 0.161 e. The van der Waals surface area contributed by atoms with Crippen molar-refractivity contribution in [2.75, 3.05) is 12.3 Å². The number of pyridine rings is 1. The molecule has 0 spiro atoms. The highest BCUT2D eigenvalue weighted by Gasteiger charge is 2.36. The van der Waals surface area contributed by atoms with Crippen molar-refractivity contribution in [1.82, 2.24) is 9.97 Å². The molecule has 7 N–H and O–H groups in total. The molecule has 274 valence electrons. The van der Waals surface area contributed by atoms with Gasteiger partial charge < -0.3 is 35.9 Å². The molecule has 8 nitrogen and oxygen atoms in total. The van der Waals surface area contributed by atoms with Gasteiger partial charge in [-0.1, -0.05) is 80.2 Å². The molecule has 0 saturated carbocycles. The van der Waals surface area contributed by atoms with Crippen LogP contribution in [-0.2, 0) is 12.8 Å². The van der Waals surface area contributed by atoms with E-state index in [1.165, 1.54) is 5.56 Å². The first kappa shape index (κ1) is 37.2. The minimum atomic E-state index is -0.779. The van der Waals surface area contributed by atoms with Gasteiger partial charge in [0.2, 0.25) is 0 Å². The molecule has 0 bridgehead atoms. The van der Waals surface area contributed by atoms with Crippen molar-refractivity contribution in [2.45, 2.75) is 88.4 Å². The second-order valence-corrected chi connectivity index (χ2v) is 14.8. The molecule has 0 aliphatic heterocycles. The van der Waals surface area contributed by atoms with Crippen molar-refractivity contribution >= 4 is 5.82 Å². The van der Waals surface area contributed by atoms with E-state index in [4.69, 9.17) is 10.5 Å². The summed E-state index contributed by atoms with van der Waals surface area (Å²) < 4.78 is 6.33. The maximum absolute atomic E-state index is 11.7. The summed E-state index contributed by atoms with van der Waals surface area (Å²) in [6.45, 7) is 2.03. The SMILES string of the molecule is C[C@H](Cc1ccccc1)[C@H]1C#C[C@@H]2C=C[C@H](c3ccc(O)c(O[C@H](CO)C[C@H](Cc4ccc[nH]4)c4ccnc(N)c4)c3)C[C@@H](O)[C@H]2[C@@H](O)CCCC1. The molecule has 2 heterocycles. The van der Waals surface area contributed by atoms with E-state index in [0.29, 0.717) is 37.4 Å². The van der Waals surface area contributed by atoms with Crippen LogP contribution >= 0.6 is 0 Å². The van der Waals surface area contributed by atoms with Crippen LogP contribution in [0.5, 0.6) is 11.5 Å². The fraction of sp³-hybridized carbons (Fsp3) is 0.432. The predicted molar refractivity (Wildman–Crippen MR) is 205 cm³/mol. The normalized spacial score (nSPS) is 25.1. The Morgan fingerprint density at radius 1 is 0.942 bits per heavy atom. The van der Waals surface area contributed by atoms with E-state index in [-0.39, 0.29) is 41.8 Å². The van der Waals surface area contributed by atoms with Crippen molar-refractivity contribution in [3.05, 3.63) is 120 Å². The molecule has 4 aromatic rings. The van der Waals surface area contributed by atoms with Gasteiger partial charge in [-0.3, -0.25) is 0 Å². The van der Waals surface area contributed by atoms with Crippen LogP contribution in [-0.4, -0.2) is 55.3 Å². The van der Waals surface area contributed by atoms with E-state index >= 15 is 0 Å². The lowest BCUT2D eigenvalue weighted by atomic mass is 9.78. The van der Waals surface area contributed by atoms with Gasteiger partial charge in [0.1, 0.15) is 11.9 Å². The first-order valence-electron chi connectivity index (χ1n) is 18.8. The highest BCUT2D eigenvalue weighted by Crippen LogP contribution is 2.40. The van der Waals surface area contributed by atoms with Gasteiger partial charge in [0.25, 0.3) is 0 Å². The molecule has 0 fully saturated rings. The van der Waals surface area contributed by atoms with Gasteiger partial charge in [0.15, 0.2) is 11.5 Å². The van der Waals surface area contributed by atoms with E-state index in [1.807, 2.05) is 42.6 Å². The topological polar surface area (TPSA) is 145 Å². The third-order valence-corrected chi connectivity index (χ3v) is 11.0. The predicted octanol–water partition coefficient (Wildman–Crippen LogP) is 6.92. The van der Waals surface area contributed by atoms with E-state index in [0.717, 1.165) is 42.5 Å². The minimum Gasteiger partial charge on any atom is -0.504 e. The van der Waals surface area contributed by atoms with Gasteiger partial charge in [0, 0.05) is 41.8 Å². The van der Waals surface area contributed by atoms with E-state index in [9.17, 15) is 20.4 Å². The number of aromatic hydroxyl groups is 1. The average molecular weight is 704 g/mol. The molecule has 52 heavy (non-hydrogen) atoms. The molecule has 0 amide bonds. The number of ether oxygens (including phenoxy) is 1. The number of nitrogens with zero attached hydrogens (tertiary/aromatic N) is 1. The Labute approximate surface area is 307 Å². The van der Waals surface area contributed by atoms with Gasteiger partial charge in [-0.05, 0) is 103 Å². The van der Waals surface area contributed by atoms with Crippen LogP contribution < -0.4 is 10.5 Å².